The van der Waals surface area contributed by atoms with Gasteiger partial charge >= 0.3 is 0 Å². The maximum Gasteiger partial charge on any atom is 0.273 e. The molecule has 2 aromatic heterocycles. The van der Waals surface area contributed by atoms with Crippen LogP contribution in [0, 0.1) is 18.8 Å². The summed E-state index contributed by atoms with van der Waals surface area (Å²) in [5.74, 6) is 1.51. The number of nitrogens with zero attached hydrogens (tertiary/aromatic N) is 4. The number of carbonyl (C=O) groups excluding carboxylic acids is 1. The first-order valence-electron chi connectivity index (χ1n) is 9.51. The highest BCUT2D eigenvalue weighted by Crippen LogP contribution is 2.32. The first kappa shape index (κ1) is 17.6. The molecule has 1 amide bonds. The molecule has 4 rings (SSSR count). The second kappa shape index (κ2) is 7.84. The maximum atomic E-state index is 12.6. The van der Waals surface area contributed by atoms with Crippen LogP contribution in [0.5, 0.6) is 0 Å². The van der Waals surface area contributed by atoms with Crippen molar-refractivity contribution in [2.45, 2.75) is 32.7 Å². The van der Waals surface area contributed by atoms with Gasteiger partial charge in [-0.1, -0.05) is 6.07 Å². The summed E-state index contributed by atoms with van der Waals surface area (Å²) >= 11 is 1.55. The second-order valence-corrected chi connectivity index (χ2v) is 8.59. The van der Waals surface area contributed by atoms with Crippen LogP contribution >= 0.6 is 11.3 Å². The Hall–Kier alpha value is -1.79. The molecule has 2 fully saturated rings. The normalized spacial score (nSPS) is 22.0. The summed E-state index contributed by atoms with van der Waals surface area (Å²) in [4.78, 5) is 25.7. The maximum absolute atomic E-state index is 12.6. The Morgan fingerprint density at radius 1 is 1.23 bits per heavy atom. The van der Waals surface area contributed by atoms with E-state index in [-0.39, 0.29) is 5.91 Å². The molecule has 6 heteroatoms. The molecule has 0 aromatic carbocycles. The Kier molecular flexibility index (Phi) is 5.31. The van der Waals surface area contributed by atoms with Gasteiger partial charge in [-0.15, -0.1) is 11.3 Å². The van der Waals surface area contributed by atoms with Crippen LogP contribution < -0.4 is 0 Å². The van der Waals surface area contributed by atoms with E-state index >= 15 is 0 Å². The van der Waals surface area contributed by atoms with Gasteiger partial charge in [0.25, 0.3) is 5.91 Å². The zero-order valence-electron chi connectivity index (χ0n) is 15.3. The predicted octanol–water partition coefficient (Wildman–Crippen LogP) is 3.22. The van der Waals surface area contributed by atoms with Crippen molar-refractivity contribution >= 4 is 17.2 Å². The molecule has 2 aliphatic rings. The van der Waals surface area contributed by atoms with Gasteiger partial charge in [0.1, 0.15) is 5.69 Å². The Morgan fingerprint density at radius 3 is 2.73 bits per heavy atom. The standard InChI is InChI=1S/C20H26N4OS/c1-15-22-19(14-26-15)20(25)24-10-6-18(13-24)17-4-8-23(9-5-17)12-16-3-2-7-21-11-16/h2-3,7,11,14,17-18H,4-6,8-10,12-13H2,1H3. The summed E-state index contributed by atoms with van der Waals surface area (Å²) in [5, 5.41) is 2.85. The third-order valence-corrected chi connectivity index (χ3v) is 6.55. The molecular weight excluding hydrogens is 344 g/mol. The van der Waals surface area contributed by atoms with E-state index in [1.54, 1.807) is 11.3 Å². The van der Waals surface area contributed by atoms with Gasteiger partial charge in [-0.2, -0.15) is 0 Å². The monoisotopic (exact) mass is 370 g/mol. The van der Waals surface area contributed by atoms with Gasteiger partial charge in [0.2, 0.25) is 0 Å². The van der Waals surface area contributed by atoms with Crippen LogP contribution in [0.2, 0.25) is 0 Å². The molecule has 1 unspecified atom stereocenters. The van der Waals surface area contributed by atoms with E-state index in [0.717, 1.165) is 50.1 Å². The largest absolute Gasteiger partial charge is 0.337 e. The summed E-state index contributed by atoms with van der Waals surface area (Å²) in [5.41, 5.74) is 1.92. The lowest BCUT2D eigenvalue weighted by molar-refractivity contribution is 0.0768. The van der Waals surface area contributed by atoms with E-state index in [1.807, 2.05) is 35.7 Å². The number of pyridine rings is 1. The summed E-state index contributed by atoms with van der Waals surface area (Å²) in [6.07, 6.45) is 7.41. The Labute approximate surface area is 159 Å². The van der Waals surface area contributed by atoms with Crippen molar-refractivity contribution in [3.05, 3.63) is 46.2 Å². The van der Waals surface area contributed by atoms with Crippen molar-refractivity contribution in [2.24, 2.45) is 11.8 Å². The second-order valence-electron chi connectivity index (χ2n) is 7.53. The zero-order valence-corrected chi connectivity index (χ0v) is 16.1. The van der Waals surface area contributed by atoms with E-state index in [2.05, 4.69) is 20.9 Å². The fourth-order valence-electron chi connectivity index (χ4n) is 4.31. The lowest BCUT2D eigenvalue weighted by Crippen LogP contribution is -2.37. The van der Waals surface area contributed by atoms with Crippen LogP contribution in [0.1, 0.15) is 40.3 Å². The predicted molar refractivity (Wildman–Crippen MR) is 103 cm³/mol. The molecule has 2 aromatic rings. The number of hydrogen-bond acceptors (Lipinski definition) is 5. The molecule has 0 spiro atoms. The third kappa shape index (κ3) is 3.96. The number of likely N-dealkylation sites (tertiary alicyclic amines) is 2. The van der Waals surface area contributed by atoms with Crippen LogP contribution in [-0.2, 0) is 6.54 Å². The third-order valence-electron chi connectivity index (χ3n) is 5.78. The Morgan fingerprint density at radius 2 is 2.04 bits per heavy atom. The van der Waals surface area contributed by atoms with E-state index in [4.69, 9.17) is 0 Å². The highest BCUT2D eigenvalue weighted by atomic mass is 32.1. The molecule has 138 valence electrons. The summed E-state index contributed by atoms with van der Waals surface area (Å²) in [7, 11) is 0. The summed E-state index contributed by atoms with van der Waals surface area (Å²) in [6, 6.07) is 4.16. The molecule has 1 atom stereocenters. The Bertz CT molecular complexity index is 739. The molecule has 4 heterocycles. The molecular formula is C20H26N4OS. The Balaban J connectivity index is 1.27. The molecule has 0 N–H and O–H groups in total. The fourth-order valence-corrected chi connectivity index (χ4v) is 4.90. The van der Waals surface area contributed by atoms with Crippen molar-refractivity contribution < 1.29 is 4.79 Å². The van der Waals surface area contributed by atoms with Crippen LogP contribution in [0.15, 0.2) is 29.9 Å². The number of carbonyl (C=O) groups is 1. The van der Waals surface area contributed by atoms with Gasteiger partial charge in [-0.25, -0.2) is 4.98 Å². The number of amides is 1. The first-order chi connectivity index (χ1) is 12.7. The highest BCUT2D eigenvalue weighted by molar-refractivity contribution is 7.09. The quantitative estimate of drug-likeness (QED) is 0.829. The lowest BCUT2D eigenvalue weighted by Gasteiger charge is -2.34. The molecule has 2 saturated heterocycles. The minimum atomic E-state index is 0.117. The van der Waals surface area contributed by atoms with Crippen molar-refractivity contribution in [2.75, 3.05) is 26.2 Å². The van der Waals surface area contributed by atoms with E-state index in [1.165, 1.54) is 18.4 Å². The summed E-state index contributed by atoms with van der Waals surface area (Å²) in [6.45, 7) is 7.04. The highest BCUT2D eigenvalue weighted by Gasteiger charge is 2.34. The van der Waals surface area contributed by atoms with Gasteiger partial charge in [0, 0.05) is 37.4 Å². The first-order valence-corrected chi connectivity index (χ1v) is 10.4. The zero-order chi connectivity index (χ0) is 17.9. The lowest BCUT2D eigenvalue weighted by atomic mass is 9.83. The average Bonchev–Trinajstić information content (AvgIpc) is 3.32. The number of aromatic nitrogens is 2. The number of aryl methyl sites for hydroxylation is 1. The minimum Gasteiger partial charge on any atom is -0.337 e. The number of hydrogen-bond donors (Lipinski definition) is 0. The smallest absolute Gasteiger partial charge is 0.273 e. The topological polar surface area (TPSA) is 49.3 Å². The average molecular weight is 371 g/mol. The molecule has 2 aliphatic heterocycles. The molecule has 0 aliphatic carbocycles. The van der Waals surface area contributed by atoms with E-state index in [0.29, 0.717) is 11.6 Å². The molecule has 0 radical (unpaired) electrons. The van der Waals surface area contributed by atoms with Crippen LogP contribution in [0.3, 0.4) is 0 Å². The van der Waals surface area contributed by atoms with Gasteiger partial charge in [-0.05, 0) is 62.7 Å². The van der Waals surface area contributed by atoms with Gasteiger partial charge in [0.15, 0.2) is 0 Å². The van der Waals surface area contributed by atoms with Gasteiger partial charge < -0.3 is 4.90 Å². The van der Waals surface area contributed by atoms with Crippen molar-refractivity contribution in [1.29, 1.82) is 0 Å². The number of rotatable bonds is 4. The summed E-state index contributed by atoms with van der Waals surface area (Å²) < 4.78 is 0. The molecule has 5 nitrogen and oxygen atoms in total. The van der Waals surface area contributed by atoms with E-state index < -0.39 is 0 Å². The SMILES string of the molecule is Cc1nc(C(=O)N2CCC(C3CCN(Cc4cccnc4)CC3)C2)cs1. The van der Waals surface area contributed by atoms with Crippen LogP contribution in [0.4, 0.5) is 0 Å². The fraction of sp³-hybridized carbons (Fsp3) is 0.550. The minimum absolute atomic E-state index is 0.117. The van der Waals surface area contributed by atoms with Crippen molar-refractivity contribution in [3.8, 4) is 0 Å². The number of piperidine rings is 1. The molecule has 0 saturated carbocycles. The molecule has 26 heavy (non-hydrogen) atoms. The van der Waals surface area contributed by atoms with Crippen LogP contribution in [0.25, 0.3) is 0 Å². The van der Waals surface area contributed by atoms with E-state index in [9.17, 15) is 4.79 Å². The van der Waals surface area contributed by atoms with Crippen LogP contribution in [-0.4, -0.2) is 51.9 Å². The van der Waals surface area contributed by atoms with Crippen molar-refractivity contribution in [1.82, 2.24) is 19.8 Å². The number of thiazole rings is 1. The molecule has 0 bridgehead atoms. The van der Waals surface area contributed by atoms with Gasteiger partial charge in [-0.3, -0.25) is 14.7 Å². The van der Waals surface area contributed by atoms with Gasteiger partial charge in [0.05, 0.1) is 5.01 Å². The van der Waals surface area contributed by atoms with Crippen molar-refractivity contribution in [3.63, 3.8) is 0 Å².